The Morgan fingerprint density at radius 2 is 2.20 bits per heavy atom. The van der Waals surface area contributed by atoms with Crippen LogP contribution in [0.15, 0.2) is 12.3 Å². The summed E-state index contributed by atoms with van der Waals surface area (Å²) in [5, 5.41) is 0. The SMILES string of the molecule is C=C1CCCCCN1CC. The summed E-state index contributed by atoms with van der Waals surface area (Å²) in [7, 11) is 0. The van der Waals surface area contributed by atoms with Crippen LogP contribution in [0.3, 0.4) is 0 Å². The van der Waals surface area contributed by atoms with Gasteiger partial charge in [0.2, 0.25) is 0 Å². The van der Waals surface area contributed by atoms with Gasteiger partial charge < -0.3 is 4.90 Å². The largest absolute Gasteiger partial charge is 0.376 e. The molecule has 0 spiro atoms. The molecule has 1 heterocycles. The Hall–Kier alpha value is -0.460. The molecule has 0 bridgehead atoms. The Bertz CT molecular complexity index is 118. The van der Waals surface area contributed by atoms with Gasteiger partial charge in [-0.2, -0.15) is 0 Å². The van der Waals surface area contributed by atoms with Crippen molar-refractivity contribution < 1.29 is 0 Å². The maximum Gasteiger partial charge on any atom is 0.0174 e. The Balaban J connectivity index is 2.43. The number of hydrogen-bond donors (Lipinski definition) is 0. The summed E-state index contributed by atoms with van der Waals surface area (Å²) in [6, 6.07) is 0. The van der Waals surface area contributed by atoms with Crippen LogP contribution in [-0.4, -0.2) is 18.0 Å². The van der Waals surface area contributed by atoms with Crippen LogP contribution in [0, 0.1) is 0 Å². The second kappa shape index (κ2) is 3.65. The number of allylic oxidation sites excluding steroid dienone is 1. The minimum Gasteiger partial charge on any atom is -0.376 e. The first-order chi connectivity index (χ1) is 4.84. The van der Waals surface area contributed by atoms with Crippen LogP contribution in [0.4, 0.5) is 0 Å². The molecule has 0 N–H and O–H groups in total. The maximum absolute atomic E-state index is 4.05. The monoisotopic (exact) mass is 139 g/mol. The van der Waals surface area contributed by atoms with Gasteiger partial charge in [0, 0.05) is 18.8 Å². The van der Waals surface area contributed by atoms with Gasteiger partial charge in [-0.05, 0) is 26.2 Å². The average Bonchev–Trinajstić information content (AvgIpc) is 2.13. The molecule has 0 amide bonds. The summed E-state index contributed by atoms with van der Waals surface area (Å²) in [6.45, 7) is 8.63. The van der Waals surface area contributed by atoms with Gasteiger partial charge in [0.1, 0.15) is 0 Å². The molecule has 1 saturated heterocycles. The van der Waals surface area contributed by atoms with E-state index in [2.05, 4.69) is 18.4 Å². The Kier molecular flexibility index (Phi) is 2.79. The predicted octanol–water partition coefficient (Wildman–Crippen LogP) is 2.40. The molecule has 0 aromatic carbocycles. The molecule has 10 heavy (non-hydrogen) atoms. The predicted molar refractivity (Wildman–Crippen MR) is 44.9 cm³/mol. The maximum atomic E-state index is 4.05. The minimum atomic E-state index is 1.14. The highest BCUT2D eigenvalue weighted by Gasteiger charge is 2.08. The molecule has 0 unspecified atom stereocenters. The van der Waals surface area contributed by atoms with E-state index in [1.54, 1.807) is 0 Å². The van der Waals surface area contributed by atoms with E-state index in [1.165, 1.54) is 37.9 Å². The highest BCUT2D eigenvalue weighted by Crippen LogP contribution is 2.17. The van der Waals surface area contributed by atoms with Crippen LogP contribution in [0.25, 0.3) is 0 Å². The fourth-order valence-electron chi connectivity index (χ4n) is 1.51. The van der Waals surface area contributed by atoms with Crippen molar-refractivity contribution >= 4 is 0 Å². The van der Waals surface area contributed by atoms with Gasteiger partial charge in [-0.1, -0.05) is 13.0 Å². The normalized spacial score (nSPS) is 20.9. The summed E-state index contributed by atoms with van der Waals surface area (Å²) >= 11 is 0. The van der Waals surface area contributed by atoms with Crippen molar-refractivity contribution in [3.63, 3.8) is 0 Å². The van der Waals surface area contributed by atoms with Crippen molar-refractivity contribution in [2.24, 2.45) is 0 Å². The molecule has 0 saturated carbocycles. The number of hydrogen-bond acceptors (Lipinski definition) is 1. The number of rotatable bonds is 1. The molecule has 58 valence electrons. The second-order valence-corrected chi connectivity index (χ2v) is 2.96. The van der Waals surface area contributed by atoms with Gasteiger partial charge in [0.25, 0.3) is 0 Å². The van der Waals surface area contributed by atoms with E-state index >= 15 is 0 Å². The van der Waals surface area contributed by atoms with Crippen LogP contribution in [0.5, 0.6) is 0 Å². The molecular weight excluding hydrogens is 122 g/mol. The van der Waals surface area contributed by atoms with E-state index in [4.69, 9.17) is 0 Å². The molecule has 1 aliphatic rings. The fraction of sp³-hybridized carbons (Fsp3) is 0.778. The summed E-state index contributed by atoms with van der Waals surface area (Å²) in [5.41, 5.74) is 1.35. The van der Waals surface area contributed by atoms with Gasteiger partial charge >= 0.3 is 0 Å². The second-order valence-electron chi connectivity index (χ2n) is 2.96. The van der Waals surface area contributed by atoms with Gasteiger partial charge in [0.05, 0.1) is 0 Å². The van der Waals surface area contributed by atoms with E-state index in [-0.39, 0.29) is 0 Å². The third kappa shape index (κ3) is 1.76. The zero-order valence-corrected chi connectivity index (χ0v) is 6.90. The standard InChI is InChI=1S/C9H17N/c1-3-10-8-6-4-5-7-9(10)2/h2-8H2,1H3. The van der Waals surface area contributed by atoms with Crippen molar-refractivity contribution in [2.75, 3.05) is 13.1 Å². The molecule has 0 atom stereocenters. The van der Waals surface area contributed by atoms with Crippen LogP contribution in [0.1, 0.15) is 32.6 Å². The van der Waals surface area contributed by atoms with Crippen molar-refractivity contribution in [3.05, 3.63) is 12.3 Å². The summed E-state index contributed by atoms with van der Waals surface area (Å²) in [4.78, 5) is 2.40. The smallest absolute Gasteiger partial charge is 0.0174 e. The molecule has 1 aliphatic heterocycles. The fourth-order valence-corrected chi connectivity index (χ4v) is 1.51. The molecule has 1 heteroatoms. The lowest BCUT2D eigenvalue weighted by Gasteiger charge is -2.22. The van der Waals surface area contributed by atoms with Crippen molar-refractivity contribution in [2.45, 2.75) is 32.6 Å². The topological polar surface area (TPSA) is 3.24 Å². The summed E-state index contributed by atoms with van der Waals surface area (Å²) < 4.78 is 0. The summed E-state index contributed by atoms with van der Waals surface area (Å²) in [5.74, 6) is 0. The third-order valence-corrected chi connectivity index (χ3v) is 2.22. The molecular formula is C9H17N. The van der Waals surface area contributed by atoms with Crippen LogP contribution < -0.4 is 0 Å². The van der Waals surface area contributed by atoms with Crippen LogP contribution in [0.2, 0.25) is 0 Å². The van der Waals surface area contributed by atoms with E-state index in [9.17, 15) is 0 Å². The molecule has 1 fully saturated rings. The molecule has 0 aliphatic carbocycles. The molecule has 1 rings (SSSR count). The van der Waals surface area contributed by atoms with Crippen LogP contribution in [-0.2, 0) is 0 Å². The first-order valence-electron chi connectivity index (χ1n) is 4.27. The lowest BCUT2D eigenvalue weighted by molar-refractivity contribution is 0.364. The zero-order chi connectivity index (χ0) is 7.40. The third-order valence-electron chi connectivity index (χ3n) is 2.22. The highest BCUT2D eigenvalue weighted by molar-refractivity contribution is 4.94. The lowest BCUT2D eigenvalue weighted by Crippen LogP contribution is -2.21. The Morgan fingerprint density at radius 1 is 1.40 bits per heavy atom. The van der Waals surface area contributed by atoms with Crippen LogP contribution >= 0.6 is 0 Å². The quantitative estimate of drug-likeness (QED) is 0.539. The van der Waals surface area contributed by atoms with Gasteiger partial charge in [-0.3, -0.25) is 0 Å². The Labute approximate surface area is 63.7 Å². The van der Waals surface area contributed by atoms with E-state index in [0.29, 0.717) is 0 Å². The van der Waals surface area contributed by atoms with E-state index in [1.807, 2.05) is 0 Å². The van der Waals surface area contributed by atoms with Gasteiger partial charge in [0.15, 0.2) is 0 Å². The number of likely N-dealkylation sites (tertiary alicyclic amines) is 1. The van der Waals surface area contributed by atoms with E-state index in [0.717, 1.165) is 6.54 Å². The number of nitrogens with zero attached hydrogens (tertiary/aromatic N) is 1. The average molecular weight is 139 g/mol. The molecule has 0 aromatic rings. The Morgan fingerprint density at radius 3 is 2.90 bits per heavy atom. The molecule has 0 radical (unpaired) electrons. The lowest BCUT2D eigenvalue weighted by atomic mass is 10.2. The van der Waals surface area contributed by atoms with Crippen molar-refractivity contribution in [3.8, 4) is 0 Å². The zero-order valence-electron chi connectivity index (χ0n) is 6.90. The first-order valence-corrected chi connectivity index (χ1v) is 4.27. The van der Waals surface area contributed by atoms with Crippen molar-refractivity contribution in [1.82, 2.24) is 4.90 Å². The van der Waals surface area contributed by atoms with Gasteiger partial charge in [-0.15, -0.1) is 0 Å². The first kappa shape index (κ1) is 7.64. The minimum absolute atomic E-state index is 1.14. The van der Waals surface area contributed by atoms with Gasteiger partial charge in [-0.25, -0.2) is 0 Å². The molecule has 0 aromatic heterocycles. The van der Waals surface area contributed by atoms with Crippen molar-refractivity contribution in [1.29, 1.82) is 0 Å². The molecule has 1 nitrogen and oxygen atoms in total. The summed E-state index contributed by atoms with van der Waals surface area (Å²) in [6.07, 6.45) is 5.30. The van der Waals surface area contributed by atoms with E-state index < -0.39 is 0 Å². The highest BCUT2D eigenvalue weighted by atomic mass is 15.1.